The van der Waals surface area contributed by atoms with E-state index in [0.29, 0.717) is 41.0 Å². The number of aromatic nitrogens is 2. The molecular weight excluding hydrogens is 957 g/mol. The first-order chi connectivity index (χ1) is 35.4. The summed E-state index contributed by atoms with van der Waals surface area (Å²) in [6.07, 6.45) is -0.765. The first kappa shape index (κ1) is 53.6. The van der Waals surface area contributed by atoms with E-state index in [-0.39, 0.29) is 87.5 Å². The maximum absolute atomic E-state index is 13.7. The number of pyridine rings is 2. The van der Waals surface area contributed by atoms with Gasteiger partial charge in [0.2, 0.25) is 17.7 Å². The third-order valence-electron chi connectivity index (χ3n) is 13.1. The smallest absolute Gasteiger partial charge is 0.415 e. The number of cyclic esters (lactones) is 1. The molecule has 21 heteroatoms. The van der Waals surface area contributed by atoms with Crippen LogP contribution in [0.4, 0.5) is 15.3 Å². The number of ether oxygens (including phenoxy) is 3. The third kappa shape index (κ3) is 12.2. The highest BCUT2D eigenvalue weighted by Gasteiger charge is 2.45. The normalized spacial score (nSPS) is 15.1. The molecule has 3 aromatic carbocycles. The molecule has 2 aliphatic heterocycles. The van der Waals surface area contributed by atoms with Crippen molar-refractivity contribution >= 4 is 58.4 Å². The van der Waals surface area contributed by atoms with E-state index < -0.39 is 66.0 Å². The van der Waals surface area contributed by atoms with E-state index in [1.54, 1.807) is 90.4 Å². The number of esters is 1. The van der Waals surface area contributed by atoms with Crippen molar-refractivity contribution in [2.24, 2.45) is 5.73 Å². The summed E-state index contributed by atoms with van der Waals surface area (Å²) in [5.41, 5.74) is 9.01. The van der Waals surface area contributed by atoms with E-state index in [1.807, 2.05) is 6.92 Å². The van der Waals surface area contributed by atoms with Crippen molar-refractivity contribution in [2.75, 3.05) is 39.0 Å². The molecule has 5 amide bonds. The van der Waals surface area contributed by atoms with E-state index >= 15 is 0 Å². The first-order valence-corrected chi connectivity index (χ1v) is 24.3. The van der Waals surface area contributed by atoms with Crippen LogP contribution in [0.2, 0.25) is 0 Å². The highest BCUT2D eigenvalue weighted by Crippen LogP contribution is 2.41. The number of hydrogen-bond acceptors (Lipinski definition) is 14. The first-order valence-electron chi connectivity index (χ1n) is 24.3. The number of rotatable bonds is 21. The number of hydrogen-bond donors (Lipinski definition) is 6. The Bertz CT molecular complexity index is 3020. The number of carbonyl (C=O) groups excluding carboxylic acids is 6. The van der Waals surface area contributed by atoms with Crippen LogP contribution in [0.3, 0.4) is 0 Å². The molecule has 7 N–H and O–H groups in total. The Labute approximate surface area is 426 Å². The summed E-state index contributed by atoms with van der Waals surface area (Å²) in [6.45, 7) is 3.97. The molecule has 0 fully saturated rings. The van der Waals surface area contributed by atoms with Gasteiger partial charge in [-0.05, 0) is 85.3 Å². The van der Waals surface area contributed by atoms with Crippen LogP contribution in [0.5, 0.6) is 5.75 Å². The van der Waals surface area contributed by atoms with Gasteiger partial charge in [-0.1, -0.05) is 56.3 Å². The molecule has 0 saturated heterocycles. The molecule has 2 aliphatic rings. The second-order valence-corrected chi connectivity index (χ2v) is 18.2. The number of aliphatic carboxylic acids is 1. The predicted molar refractivity (Wildman–Crippen MR) is 270 cm³/mol. The molecule has 390 valence electrons. The Balaban J connectivity index is 0.902. The Morgan fingerprint density at radius 3 is 2.26 bits per heavy atom. The van der Waals surface area contributed by atoms with Gasteiger partial charge in [0, 0.05) is 62.2 Å². The average molecular weight is 1020 g/mol. The van der Waals surface area contributed by atoms with Gasteiger partial charge < -0.3 is 60.5 Å². The Hall–Kier alpha value is -8.17. The topological polar surface area (TPSA) is 291 Å². The molecule has 3 atom stereocenters. The van der Waals surface area contributed by atoms with E-state index in [4.69, 9.17) is 30.0 Å². The van der Waals surface area contributed by atoms with Crippen molar-refractivity contribution in [3.8, 4) is 17.1 Å². The largest absolute Gasteiger partial charge is 0.481 e. The summed E-state index contributed by atoms with van der Waals surface area (Å²) in [6, 6.07) is 20.1. The standard InChI is InChI=1S/C53H60N8O13/c1-5-35-36-26-34(18-19-40(36)57-46-37(35)28-61-43(46)27-39-38(49(61)67)30-72-50(68)53(39,71)6-2)74-52(70)60(4)24-23-59(3)51(69)73-29-32-14-16-33(17-15-32)55-47(65)41(13-10-22-54)58-48(66)42(25-31-11-8-7-9-12-31)56-44(62)20-21-45(63)64/h7-9,11-12,14-19,26-27,41-42,71H,5-6,10,13,20-25,28-30,54H2,1-4H3,(H,55,65)(H,56,62)(H,58,66)(H,63,64)/t41-,42-,53-/m0/s1. The molecule has 0 unspecified atom stereocenters. The number of anilines is 1. The van der Waals surface area contributed by atoms with Gasteiger partial charge >= 0.3 is 24.1 Å². The van der Waals surface area contributed by atoms with E-state index in [0.717, 1.165) is 22.1 Å². The number of amides is 5. The number of nitrogens with two attached hydrogens (primary N) is 1. The van der Waals surface area contributed by atoms with Crippen molar-refractivity contribution in [3.63, 3.8) is 0 Å². The summed E-state index contributed by atoms with van der Waals surface area (Å²) >= 11 is 0. The van der Waals surface area contributed by atoms with Gasteiger partial charge in [-0.15, -0.1) is 0 Å². The number of carboxylic acids is 1. The van der Waals surface area contributed by atoms with Gasteiger partial charge in [0.15, 0.2) is 5.60 Å². The van der Waals surface area contributed by atoms with Crippen LogP contribution in [0, 0.1) is 0 Å². The summed E-state index contributed by atoms with van der Waals surface area (Å²) in [4.78, 5) is 111. The maximum Gasteiger partial charge on any atom is 0.415 e. The molecule has 0 saturated carbocycles. The minimum absolute atomic E-state index is 0.0291. The van der Waals surface area contributed by atoms with Gasteiger partial charge in [0.25, 0.3) is 5.56 Å². The number of aliphatic hydroxyl groups is 1. The molecular formula is C53H60N8O13. The van der Waals surface area contributed by atoms with Crippen LogP contribution >= 0.6 is 0 Å². The van der Waals surface area contributed by atoms with Crippen LogP contribution in [-0.2, 0) is 71.6 Å². The van der Waals surface area contributed by atoms with Crippen molar-refractivity contribution in [2.45, 2.75) is 96.2 Å². The van der Waals surface area contributed by atoms with Crippen LogP contribution in [0.15, 0.2) is 83.7 Å². The maximum atomic E-state index is 13.7. The highest BCUT2D eigenvalue weighted by atomic mass is 16.6. The zero-order valence-electron chi connectivity index (χ0n) is 41.6. The van der Waals surface area contributed by atoms with E-state index in [9.17, 15) is 43.5 Å². The van der Waals surface area contributed by atoms with Gasteiger partial charge in [-0.25, -0.2) is 19.4 Å². The predicted octanol–water partition coefficient (Wildman–Crippen LogP) is 4.10. The zero-order chi connectivity index (χ0) is 53.3. The summed E-state index contributed by atoms with van der Waals surface area (Å²) in [5.74, 6) is -3.47. The molecule has 4 heterocycles. The Morgan fingerprint density at radius 1 is 0.865 bits per heavy atom. The number of fused-ring (bicyclic) bond motifs is 5. The van der Waals surface area contributed by atoms with Crippen molar-refractivity contribution in [1.29, 1.82) is 0 Å². The number of nitrogens with one attached hydrogen (secondary N) is 3. The number of likely N-dealkylation sites (N-methyl/N-ethyl adjacent to an activating group) is 2. The zero-order valence-corrected chi connectivity index (χ0v) is 41.6. The number of aryl methyl sites for hydroxylation is 1. The lowest BCUT2D eigenvalue weighted by Crippen LogP contribution is -2.53. The summed E-state index contributed by atoms with van der Waals surface area (Å²) in [7, 11) is 3.06. The summed E-state index contributed by atoms with van der Waals surface area (Å²) in [5, 5.41) is 29.1. The highest BCUT2D eigenvalue weighted by molar-refractivity contribution is 5.98. The fourth-order valence-electron chi connectivity index (χ4n) is 8.85. The van der Waals surface area contributed by atoms with Crippen molar-refractivity contribution < 1.29 is 58.0 Å². The van der Waals surface area contributed by atoms with E-state index in [1.165, 1.54) is 23.9 Å². The number of benzene rings is 3. The fraction of sp³-hybridized carbons (Fsp3) is 0.377. The molecule has 0 bridgehead atoms. The van der Waals surface area contributed by atoms with Crippen LogP contribution in [0.25, 0.3) is 22.3 Å². The number of carboxylic acid groups (broad SMARTS) is 1. The van der Waals surface area contributed by atoms with E-state index in [2.05, 4.69) is 16.0 Å². The van der Waals surface area contributed by atoms with Crippen molar-refractivity contribution in [1.82, 2.24) is 30.0 Å². The van der Waals surface area contributed by atoms with Crippen LogP contribution in [-0.4, -0.2) is 117 Å². The van der Waals surface area contributed by atoms with Crippen molar-refractivity contribution in [3.05, 3.63) is 123 Å². The molecule has 5 aromatic rings. The fourth-order valence-corrected chi connectivity index (χ4v) is 8.85. The summed E-state index contributed by atoms with van der Waals surface area (Å²) < 4.78 is 18.0. The quantitative estimate of drug-likeness (QED) is 0.0554. The average Bonchev–Trinajstić information content (AvgIpc) is 3.76. The second-order valence-electron chi connectivity index (χ2n) is 18.2. The van der Waals surface area contributed by atoms with Gasteiger partial charge in [-0.3, -0.25) is 24.0 Å². The molecule has 2 aromatic heterocycles. The van der Waals surface area contributed by atoms with Gasteiger partial charge in [-0.2, -0.15) is 0 Å². The number of carbonyl (C=O) groups is 7. The van der Waals surface area contributed by atoms with Gasteiger partial charge in [0.05, 0.1) is 35.4 Å². The SMILES string of the molecule is CCc1c2c(nc3ccc(OC(=O)N(C)CCN(C)C(=O)OCc4ccc(NC(=O)[C@H](CCCN)NC(=O)[C@H](Cc5ccccc5)NC(=O)CCC(=O)O)cc4)cc13)-c1cc3c(c(=O)n1C2)COC(=O)[C@]3(O)CC. The Kier molecular flexibility index (Phi) is 17.1. The molecule has 0 radical (unpaired) electrons. The lowest BCUT2D eigenvalue weighted by Gasteiger charge is -2.31. The molecule has 7 rings (SSSR count). The third-order valence-corrected chi connectivity index (χ3v) is 13.1. The second kappa shape index (κ2) is 23.6. The van der Waals surface area contributed by atoms with Gasteiger partial charge in [0.1, 0.15) is 31.0 Å². The molecule has 74 heavy (non-hydrogen) atoms. The minimum Gasteiger partial charge on any atom is -0.481 e. The van der Waals surface area contributed by atoms with Crippen LogP contribution < -0.4 is 32.0 Å². The van der Waals surface area contributed by atoms with Crippen LogP contribution in [0.1, 0.15) is 79.3 Å². The monoisotopic (exact) mass is 1020 g/mol. The minimum atomic E-state index is -1.95. The molecule has 0 aliphatic carbocycles. The number of nitrogens with zero attached hydrogens (tertiary/aromatic N) is 4. The Morgan fingerprint density at radius 2 is 1.58 bits per heavy atom. The molecule has 0 spiro atoms. The lowest BCUT2D eigenvalue weighted by molar-refractivity contribution is -0.172. The molecule has 21 nitrogen and oxygen atoms in total. The lowest BCUT2D eigenvalue weighted by atomic mass is 9.86.